The van der Waals surface area contributed by atoms with Crippen LogP contribution in [0.25, 0.3) is 22.2 Å². The van der Waals surface area contributed by atoms with Gasteiger partial charge < -0.3 is 25.4 Å². The van der Waals surface area contributed by atoms with Crippen LogP contribution >= 0.6 is 0 Å². The monoisotopic (exact) mass is 528 g/mol. The number of nitrogens with one attached hydrogen (secondary N) is 2. The fraction of sp³-hybridized carbons (Fsp3) is 0.286. The van der Waals surface area contributed by atoms with Crippen LogP contribution < -0.4 is 20.3 Å². The number of hydrogen-bond donors (Lipinski definition) is 3. The number of carbonyl (C=O) groups excluding carboxylic acids is 1. The van der Waals surface area contributed by atoms with Gasteiger partial charge in [0.15, 0.2) is 0 Å². The largest absolute Gasteiger partial charge is 0.494 e. The summed E-state index contributed by atoms with van der Waals surface area (Å²) in [6.45, 7) is 7.02. The number of benzene rings is 2. The van der Waals surface area contributed by atoms with Crippen molar-refractivity contribution in [2.45, 2.75) is 12.6 Å². The Labute approximate surface area is 226 Å². The van der Waals surface area contributed by atoms with Crippen LogP contribution in [0.2, 0.25) is 0 Å². The zero-order valence-electron chi connectivity index (χ0n) is 22.5. The van der Waals surface area contributed by atoms with E-state index in [1.54, 1.807) is 20.1 Å². The molecular formula is C28H32N8O3. The maximum absolute atomic E-state index is 12.3. The second-order valence-corrected chi connectivity index (χ2v) is 9.78. The molecule has 1 saturated heterocycles. The van der Waals surface area contributed by atoms with Crippen LogP contribution in [0.1, 0.15) is 6.92 Å². The van der Waals surface area contributed by atoms with Crippen LogP contribution in [0.15, 0.2) is 61.6 Å². The fourth-order valence-electron chi connectivity index (χ4n) is 4.70. The van der Waals surface area contributed by atoms with Crippen molar-refractivity contribution in [2.24, 2.45) is 7.05 Å². The Morgan fingerprint density at radius 1 is 1.15 bits per heavy atom. The number of aliphatic hydroxyl groups is 1. The summed E-state index contributed by atoms with van der Waals surface area (Å²) < 4.78 is 7.55. The van der Waals surface area contributed by atoms with Crippen LogP contribution in [0.4, 0.5) is 22.9 Å². The lowest BCUT2D eigenvalue weighted by Gasteiger charge is -2.45. The predicted octanol–water partition coefficient (Wildman–Crippen LogP) is 3.37. The molecule has 1 aliphatic rings. The lowest BCUT2D eigenvalue weighted by atomic mass is 10.1. The van der Waals surface area contributed by atoms with Gasteiger partial charge in [0, 0.05) is 43.2 Å². The van der Waals surface area contributed by atoms with Gasteiger partial charge >= 0.3 is 0 Å². The molecule has 39 heavy (non-hydrogen) atoms. The van der Waals surface area contributed by atoms with Gasteiger partial charge in [-0.1, -0.05) is 12.6 Å². The first-order valence-electron chi connectivity index (χ1n) is 12.5. The van der Waals surface area contributed by atoms with Gasteiger partial charge in [-0.15, -0.1) is 0 Å². The van der Waals surface area contributed by atoms with Crippen LogP contribution in [0.3, 0.4) is 0 Å². The van der Waals surface area contributed by atoms with Gasteiger partial charge in [0.25, 0.3) is 0 Å². The van der Waals surface area contributed by atoms with Crippen molar-refractivity contribution in [2.75, 3.05) is 49.3 Å². The number of nitrogens with zero attached hydrogens (tertiary/aromatic N) is 6. The second-order valence-electron chi connectivity index (χ2n) is 9.78. The van der Waals surface area contributed by atoms with Crippen molar-refractivity contribution in [3.63, 3.8) is 0 Å². The van der Waals surface area contributed by atoms with E-state index in [0.29, 0.717) is 42.6 Å². The maximum Gasteiger partial charge on any atom is 0.247 e. The molecule has 1 atom stereocenters. The molecule has 3 N–H and O–H groups in total. The van der Waals surface area contributed by atoms with E-state index in [-0.39, 0.29) is 5.91 Å². The number of likely N-dealkylation sites (N-methyl/N-ethyl adjacent to an activating group) is 1. The van der Waals surface area contributed by atoms with E-state index in [9.17, 15) is 9.90 Å². The zero-order chi connectivity index (χ0) is 27.7. The Balaban J connectivity index is 1.49. The topological polar surface area (TPSA) is 121 Å². The summed E-state index contributed by atoms with van der Waals surface area (Å²) in [4.78, 5) is 25.1. The average Bonchev–Trinajstić information content (AvgIpc) is 3.30. The summed E-state index contributed by atoms with van der Waals surface area (Å²) in [5.41, 5.74) is 3.57. The molecule has 0 spiro atoms. The molecule has 3 heterocycles. The molecule has 0 aliphatic carbocycles. The first-order chi connectivity index (χ1) is 18.7. The highest BCUT2D eigenvalue weighted by molar-refractivity contribution is 6.02. The number of methoxy groups -OCH3 is 1. The fourth-order valence-corrected chi connectivity index (χ4v) is 4.70. The molecule has 0 radical (unpaired) electrons. The third-order valence-corrected chi connectivity index (χ3v) is 7.09. The first-order valence-corrected chi connectivity index (χ1v) is 12.5. The number of piperazine rings is 1. The van der Waals surface area contributed by atoms with Crippen molar-refractivity contribution >= 4 is 39.7 Å². The molecule has 202 valence electrons. The SMILES string of the molecule is C=CC(=O)Nc1cc(Nc2cc(-c3ccc4c(cnn4C)c3)ncn2)c(OC)cc1N1CCN(C)[C@@](C)(O)C1. The van der Waals surface area contributed by atoms with E-state index < -0.39 is 5.72 Å². The van der Waals surface area contributed by atoms with Gasteiger partial charge in [-0.3, -0.25) is 14.4 Å². The summed E-state index contributed by atoms with van der Waals surface area (Å²) in [5, 5.41) is 22.4. The Hall–Kier alpha value is -4.48. The van der Waals surface area contributed by atoms with E-state index >= 15 is 0 Å². The van der Waals surface area contributed by atoms with E-state index in [0.717, 1.165) is 27.8 Å². The number of aromatic nitrogens is 4. The molecule has 11 heteroatoms. The highest BCUT2D eigenvalue weighted by atomic mass is 16.5. The lowest BCUT2D eigenvalue weighted by molar-refractivity contribution is -0.111. The minimum absolute atomic E-state index is 0.344. The van der Waals surface area contributed by atoms with Crippen molar-refractivity contribution in [3.05, 3.63) is 61.6 Å². The van der Waals surface area contributed by atoms with E-state index in [1.165, 1.54) is 12.4 Å². The molecule has 2 aromatic heterocycles. The van der Waals surface area contributed by atoms with Crippen molar-refractivity contribution in [3.8, 4) is 17.0 Å². The number of fused-ring (bicyclic) bond motifs is 1. The molecule has 1 amide bonds. The molecule has 0 unspecified atom stereocenters. The molecule has 2 aromatic carbocycles. The Morgan fingerprint density at radius 3 is 2.72 bits per heavy atom. The molecule has 1 fully saturated rings. The lowest BCUT2D eigenvalue weighted by Crippen LogP contribution is -2.59. The van der Waals surface area contributed by atoms with E-state index in [2.05, 4.69) is 32.3 Å². The quantitative estimate of drug-likeness (QED) is 0.310. The van der Waals surface area contributed by atoms with Crippen LogP contribution in [0.5, 0.6) is 5.75 Å². The third kappa shape index (κ3) is 5.27. The summed E-state index contributed by atoms with van der Waals surface area (Å²) in [7, 11) is 5.38. The number of hydrogen-bond acceptors (Lipinski definition) is 9. The number of amides is 1. The summed E-state index contributed by atoms with van der Waals surface area (Å²) >= 11 is 0. The van der Waals surface area contributed by atoms with Crippen molar-refractivity contribution in [1.29, 1.82) is 0 Å². The van der Waals surface area contributed by atoms with Gasteiger partial charge in [-0.25, -0.2) is 9.97 Å². The first kappa shape index (κ1) is 26.1. The summed E-state index contributed by atoms with van der Waals surface area (Å²) in [6.07, 6.45) is 4.54. The highest BCUT2D eigenvalue weighted by Crippen LogP contribution is 2.40. The minimum atomic E-state index is -1.03. The number of ether oxygens (including phenoxy) is 1. The number of carbonyl (C=O) groups is 1. The molecule has 0 saturated carbocycles. The van der Waals surface area contributed by atoms with Gasteiger partial charge in [0.2, 0.25) is 5.91 Å². The Morgan fingerprint density at radius 2 is 1.97 bits per heavy atom. The van der Waals surface area contributed by atoms with Gasteiger partial charge in [-0.2, -0.15) is 5.10 Å². The number of aryl methyl sites for hydroxylation is 1. The second kappa shape index (κ2) is 10.4. The molecule has 0 bridgehead atoms. The standard InChI is InChI=1S/C28H32N8O3/c1-6-27(37)33-21-12-22(25(39-5)14-24(21)36-10-9-34(3)28(2,38)16-36)32-26-13-20(29-17-30-26)18-7-8-23-19(11-18)15-31-35(23)4/h6-8,11-15,17,38H,1,9-10,16H2,2-5H3,(H,33,37)(H,29,30,32)/t28-/m0/s1. The normalized spacial score (nSPS) is 17.7. The minimum Gasteiger partial charge on any atom is -0.494 e. The summed E-state index contributed by atoms with van der Waals surface area (Å²) in [6, 6.07) is 11.5. The summed E-state index contributed by atoms with van der Waals surface area (Å²) in [5.74, 6) is 0.765. The number of β-amino-alcohol motifs (C(OH)–C–C–N with tert-alkyl or cyclic N) is 1. The molecular weight excluding hydrogens is 496 g/mol. The van der Waals surface area contributed by atoms with Gasteiger partial charge in [-0.05, 0) is 38.2 Å². The van der Waals surface area contributed by atoms with Gasteiger partial charge in [0.05, 0.1) is 48.1 Å². The Kier molecular flexibility index (Phi) is 6.94. The van der Waals surface area contributed by atoms with E-state index in [1.807, 2.05) is 65.1 Å². The van der Waals surface area contributed by atoms with E-state index in [4.69, 9.17) is 4.74 Å². The zero-order valence-corrected chi connectivity index (χ0v) is 22.5. The molecule has 1 aliphatic heterocycles. The average molecular weight is 529 g/mol. The maximum atomic E-state index is 12.3. The smallest absolute Gasteiger partial charge is 0.247 e. The molecule has 4 aromatic rings. The number of rotatable bonds is 7. The molecule has 5 rings (SSSR count). The predicted molar refractivity (Wildman–Crippen MR) is 152 cm³/mol. The van der Waals surface area contributed by atoms with Crippen molar-refractivity contribution < 1.29 is 14.6 Å². The van der Waals surface area contributed by atoms with Gasteiger partial charge in [0.1, 0.15) is 23.6 Å². The Bertz CT molecular complexity index is 1550. The third-order valence-electron chi connectivity index (χ3n) is 7.09. The van der Waals surface area contributed by atoms with Crippen LogP contribution in [-0.4, -0.2) is 75.2 Å². The van der Waals surface area contributed by atoms with Crippen molar-refractivity contribution in [1.82, 2.24) is 24.6 Å². The van der Waals surface area contributed by atoms with Crippen LogP contribution in [-0.2, 0) is 11.8 Å². The van der Waals surface area contributed by atoms with Crippen LogP contribution in [0, 0.1) is 0 Å². The molecule has 11 nitrogen and oxygen atoms in total. The number of anilines is 4. The highest BCUT2D eigenvalue weighted by Gasteiger charge is 2.34.